The second-order valence-electron chi connectivity index (χ2n) is 4.92. The number of carbonyl (C=O) groups is 2. The van der Waals surface area contributed by atoms with E-state index in [9.17, 15) is 9.59 Å². The minimum atomic E-state index is -0.250. The lowest BCUT2D eigenvalue weighted by molar-refractivity contribution is -0.128. The van der Waals surface area contributed by atoms with Gasteiger partial charge in [0.25, 0.3) is 0 Å². The number of hydrogen-bond donors (Lipinski definition) is 1. The first-order valence-corrected chi connectivity index (χ1v) is 6.92. The topological polar surface area (TPSA) is 62.3 Å². The van der Waals surface area contributed by atoms with Gasteiger partial charge in [-0.2, -0.15) is 0 Å². The fraction of sp³-hybridized carbons (Fsp3) is 0.583. The summed E-state index contributed by atoms with van der Waals surface area (Å²) in [5.41, 5.74) is 0. The summed E-state index contributed by atoms with van der Waals surface area (Å²) >= 11 is 1.38. The smallest absolute Gasteiger partial charge is 0.231 e. The van der Waals surface area contributed by atoms with Gasteiger partial charge < -0.3 is 10.2 Å². The first kappa shape index (κ1) is 13.0. The maximum absolute atomic E-state index is 12.0. The van der Waals surface area contributed by atoms with E-state index in [1.807, 2.05) is 0 Å². The number of aromatic nitrogens is 1. The molecule has 1 aromatic heterocycles. The lowest BCUT2D eigenvalue weighted by Gasteiger charge is -2.18. The minimum absolute atomic E-state index is 0.0722. The van der Waals surface area contributed by atoms with Crippen molar-refractivity contribution in [2.45, 2.75) is 20.3 Å². The van der Waals surface area contributed by atoms with E-state index in [1.165, 1.54) is 11.3 Å². The van der Waals surface area contributed by atoms with E-state index in [2.05, 4.69) is 24.1 Å². The number of hydrogen-bond acceptors (Lipinski definition) is 4. The second kappa shape index (κ2) is 5.48. The molecule has 1 saturated heterocycles. The number of amides is 2. The van der Waals surface area contributed by atoms with E-state index >= 15 is 0 Å². The number of anilines is 1. The summed E-state index contributed by atoms with van der Waals surface area (Å²) < 4.78 is 0. The summed E-state index contributed by atoms with van der Waals surface area (Å²) in [5, 5.41) is 5.15. The Kier molecular flexibility index (Phi) is 3.96. The third kappa shape index (κ3) is 3.07. The molecule has 1 aliphatic rings. The van der Waals surface area contributed by atoms with Gasteiger partial charge in [-0.1, -0.05) is 13.8 Å². The molecule has 6 heteroatoms. The lowest BCUT2D eigenvalue weighted by atomic mass is 10.1. The van der Waals surface area contributed by atoms with Gasteiger partial charge in [-0.15, -0.1) is 11.3 Å². The summed E-state index contributed by atoms with van der Waals surface area (Å²) in [7, 11) is 0. The molecule has 0 aromatic carbocycles. The summed E-state index contributed by atoms with van der Waals surface area (Å²) in [4.78, 5) is 29.5. The van der Waals surface area contributed by atoms with Crippen LogP contribution >= 0.6 is 11.3 Å². The molecular formula is C12H17N3O2S. The monoisotopic (exact) mass is 267 g/mol. The third-order valence-corrected chi connectivity index (χ3v) is 3.52. The Hall–Kier alpha value is -1.43. The van der Waals surface area contributed by atoms with Crippen LogP contribution in [-0.2, 0) is 9.59 Å². The van der Waals surface area contributed by atoms with Crippen LogP contribution in [0.25, 0.3) is 0 Å². The molecule has 0 saturated carbocycles. The zero-order valence-electron chi connectivity index (χ0n) is 10.5. The van der Waals surface area contributed by atoms with Crippen molar-refractivity contribution in [3.63, 3.8) is 0 Å². The van der Waals surface area contributed by atoms with Crippen LogP contribution in [-0.4, -0.2) is 34.8 Å². The van der Waals surface area contributed by atoms with Crippen molar-refractivity contribution in [1.82, 2.24) is 9.88 Å². The van der Waals surface area contributed by atoms with E-state index in [-0.39, 0.29) is 17.7 Å². The highest BCUT2D eigenvalue weighted by atomic mass is 32.1. The fourth-order valence-corrected chi connectivity index (χ4v) is 2.59. The van der Waals surface area contributed by atoms with Gasteiger partial charge in [-0.25, -0.2) is 4.98 Å². The normalized spacial score (nSPS) is 19.6. The Morgan fingerprint density at radius 1 is 1.67 bits per heavy atom. The molecule has 1 unspecified atom stereocenters. The van der Waals surface area contributed by atoms with Crippen molar-refractivity contribution in [2.24, 2.45) is 11.8 Å². The van der Waals surface area contributed by atoms with Gasteiger partial charge in [0.2, 0.25) is 11.8 Å². The van der Waals surface area contributed by atoms with E-state index in [0.29, 0.717) is 24.0 Å². The summed E-state index contributed by atoms with van der Waals surface area (Å²) in [6.07, 6.45) is 1.95. The van der Waals surface area contributed by atoms with Crippen molar-refractivity contribution in [1.29, 1.82) is 0 Å². The maximum Gasteiger partial charge on any atom is 0.231 e. The van der Waals surface area contributed by atoms with Crippen molar-refractivity contribution in [2.75, 3.05) is 18.4 Å². The average Bonchev–Trinajstić information content (AvgIpc) is 2.89. The highest BCUT2D eigenvalue weighted by Crippen LogP contribution is 2.21. The molecule has 0 radical (unpaired) electrons. The van der Waals surface area contributed by atoms with E-state index < -0.39 is 0 Å². The number of carbonyl (C=O) groups excluding carboxylic acids is 2. The van der Waals surface area contributed by atoms with Crippen LogP contribution in [0.2, 0.25) is 0 Å². The van der Waals surface area contributed by atoms with Crippen LogP contribution < -0.4 is 5.32 Å². The zero-order valence-corrected chi connectivity index (χ0v) is 11.4. The first-order chi connectivity index (χ1) is 8.56. The van der Waals surface area contributed by atoms with Gasteiger partial charge in [0.15, 0.2) is 5.13 Å². The number of rotatable bonds is 4. The summed E-state index contributed by atoms with van der Waals surface area (Å²) in [5.74, 6) is 0.141. The average molecular weight is 267 g/mol. The second-order valence-corrected chi connectivity index (χ2v) is 5.81. The van der Waals surface area contributed by atoms with Crippen LogP contribution in [0.1, 0.15) is 20.3 Å². The Morgan fingerprint density at radius 3 is 3.06 bits per heavy atom. The lowest BCUT2D eigenvalue weighted by Crippen LogP contribution is -2.31. The van der Waals surface area contributed by atoms with Gasteiger partial charge in [0.05, 0.1) is 5.92 Å². The number of thiazole rings is 1. The third-order valence-electron chi connectivity index (χ3n) is 2.83. The molecule has 1 aromatic rings. The van der Waals surface area contributed by atoms with Crippen LogP contribution in [0.4, 0.5) is 5.13 Å². The molecule has 1 atom stereocenters. The molecule has 0 bridgehead atoms. The zero-order chi connectivity index (χ0) is 13.1. The van der Waals surface area contributed by atoms with Crippen molar-refractivity contribution >= 4 is 28.3 Å². The molecule has 0 aliphatic carbocycles. The van der Waals surface area contributed by atoms with Crippen molar-refractivity contribution < 1.29 is 9.59 Å². The molecule has 1 N–H and O–H groups in total. The first-order valence-electron chi connectivity index (χ1n) is 6.04. The number of nitrogens with one attached hydrogen (secondary N) is 1. The summed E-state index contributed by atoms with van der Waals surface area (Å²) in [6.45, 7) is 5.38. The molecule has 2 amide bonds. The highest BCUT2D eigenvalue weighted by Gasteiger charge is 2.34. The maximum atomic E-state index is 12.0. The highest BCUT2D eigenvalue weighted by molar-refractivity contribution is 7.13. The Balaban J connectivity index is 1.91. The molecule has 1 fully saturated rings. The Morgan fingerprint density at radius 2 is 2.44 bits per heavy atom. The van der Waals surface area contributed by atoms with Gasteiger partial charge >= 0.3 is 0 Å². The van der Waals surface area contributed by atoms with Crippen LogP contribution in [0.15, 0.2) is 11.6 Å². The molecule has 1 aliphatic heterocycles. The molecular weight excluding hydrogens is 250 g/mol. The fourth-order valence-electron chi connectivity index (χ4n) is 2.06. The number of likely N-dealkylation sites (tertiary alicyclic amines) is 1. The van der Waals surface area contributed by atoms with Crippen molar-refractivity contribution in [3.05, 3.63) is 11.6 Å². The van der Waals surface area contributed by atoms with E-state index in [1.54, 1.807) is 16.5 Å². The molecule has 5 nitrogen and oxygen atoms in total. The molecule has 2 heterocycles. The standard InChI is InChI=1S/C12H17N3O2S/c1-8(2)6-15-7-9(5-10(15)16)11(17)14-12-13-3-4-18-12/h3-4,8-9H,5-7H2,1-2H3,(H,13,14,17). The molecule has 0 spiro atoms. The van der Waals surface area contributed by atoms with E-state index in [0.717, 1.165) is 6.54 Å². The van der Waals surface area contributed by atoms with Gasteiger partial charge in [0, 0.05) is 31.1 Å². The van der Waals surface area contributed by atoms with Gasteiger partial charge in [-0.05, 0) is 5.92 Å². The van der Waals surface area contributed by atoms with Crippen LogP contribution in [0.3, 0.4) is 0 Å². The largest absolute Gasteiger partial charge is 0.342 e. The number of nitrogens with zero attached hydrogens (tertiary/aromatic N) is 2. The Labute approximate surface area is 110 Å². The van der Waals surface area contributed by atoms with Crippen LogP contribution in [0, 0.1) is 11.8 Å². The molecule has 2 rings (SSSR count). The van der Waals surface area contributed by atoms with E-state index in [4.69, 9.17) is 0 Å². The molecule has 18 heavy (non-hydrogen) atoms. The quantitative estimate of drug-likeness (QED) is 0.901. The predicted molar refractivity (Wildman–Crippen MR) is 70.3 cm³/mol. The molecule has 98 valence electrons. The summed E-state index contributed by atoms with van der Waals surface area (Å²) in [6, 6.07) is 0. The van der Waals surface area contributed by atoms with Gasteiger partial charge in [0.1, 0.15) is 0 Å². The van der Waals surface area contributed by atoms with Crippen LogP contribution in [0.5, 0.6) is 0 Å². The Bertz CT molecular complexity index is 431. The van der Waals surface area contributed by atoms with Gasteiger partial charge in [-0.3, -0.25) is 9.59 Å². The minimum Gasteiger partial charge on any atom is -0.342 e. The van der Waals surface area contributed by atoms with Crippen molar-refractivity contribution in [3.8, 4) is 0 Å². The SMILES string of the molecule is CC(C)CN1CC(C(=O)Nc2nccs2)CC1=O. The predicted octanol–water partition coefficient (Wildman–Crippen LogP) is 1.59.